The van der Waals surface area contributed by atoms with Crippen LogP contribution in [0.25, 0.3) is 10.9 Å². The molecule has 0 saturated carbocycles. The summed E-state index contributed by atoms with van der Waals surface area (Å²) in [5.74, 6) is 1.12. The van der Waals surface area contributed by atoms with Crippen LogP contribution in [0.4, 0.5) is 0 Å². The van der Waals surface area contributed by atoms with Crippen molar-refractivity contribution < 1.29 is 0 Å². The molecule has 4 nitrogen and oxygen atoms in total. The van der Waals surface area contributed by atoms with Crippen LogP contribution >= 0.6 is 0 Å². The van der Waals surface area contributed by atoms with Crippen LogP contribution in [0.15, 0.2) is 42.9 Å². The Morgan fingerprint density at radius 2 is 2.10 bits per heavy atom. The molecule has 3 rings (SSSR count). The largest absolute Gasteiger partial charge is 0.347 e. The first-order chi connectivity index (χ1) is 10.1. The highest BCUT2D eigenvalue weighted by atomic mass is 15.0. The second kappa shape index (κ2) is 5.74. The zero-order valence-electron chi connectivity index (χ0n) is 12.7. The van der Waals surface area contributed by atoms with Crippen LogP contribution in [0.3, 0.4) is 0 Å². The molecule has 0 bridgehead atoms. The molecule has 2 aromatic heterocycles. The van der Waals surface area contributed by atoms with Gasteiger partial charge >= 0.3 is 0 Å². The predicted octanol–water partition coefficient (Wildman–Crippen LogP) is 2.51. The summed E-state index contributed by atoms with van der Waals surface area (Å²) in [6.07, 6.45) is 7.86. The number of fused-ring (bicyclic) bond motifs is 1. The third-order valence-corrected chi connectivity index (χ3v) is 3.89. The Bertz CT molecular complexity index is 736. The summed E-state index contributed by atoms with van der Waals surface area (Å²) in [7, 11) is 2.04. The molecule has 21 heavy (non-hydrogen) atoms. The van der Waals surface area contributed by atoms with Crippen molar-refractivity contribution in [1.29, 1.82) is 0 Å². The number of aryl methyl sites for hydroxylation is 3. The molecule has 2 heterocycles. The normalized spacial score (nSPS) is 12.9. The number of imidazole rings is 1. The zero-order chi connectivity index (χ0) is 14.8. The summed E-state index contributed by atoms with van der Waals surface area (Å²) in [6, 6.07) is 9.01. The van der Waals surface area contributed by atoms with Crippen molar-refractivity contribution in [3.05, 3.63) is 54.2 Å². The van der Waals surface area contributed by atoms with Gasteiger partial charge in [0, 0.05) is 50.2 Å². The minimum absolute atomic E-state index is 0.202. The Hall–Kier alpha value is -2.07. The molecule has 4 heteroatoms. The van der Waals surface area contributed by atoms with Crippen molar-refractivity contribution in [3.63, 3.8) is 0 Å². The molecule has 1 aromatic carbocycles. The first-order valence-electron chi connectivity index (χ1n) is 7.43. The SMILES string of the molecule is CC(N)Cc1ccc2c(ccn2CCc2nccn2C)c1. The van der Waals surface area contributed by atoms with E-state index in [1.54, 1.807) is 0 Å². The number of aromatic nitrogens is 3. The maximum absolute atomic E-state index is 5.88. The van der Waals surface area contributed by atoms with E-state index in [9.17, 15) is 0 Å². The number of benzene rings is 1. The van der Waals surface area contributed by atoms with Gasteiger partial charge in [0.2, 0.25) is 0 Å². The molecule has 0 radical (unpaired) electrons. The van der Waals surface area contributed by atoms with Crippen LogP contribution in [0, 0.1) is 0 Å². The third-order valence-electron chi connectivity index (χ3n) is 3.89. The van der Waals surface area contributed by atoms with Crippen LogP contribution in [0.1, 0.15) is 18.3 Å². The zero-order valence-corrected chi connectivity index (χ0v) is 12.7. The highest BCUT2D eigenvalue weighted by Crippen LogP contribution is 2.19. The molecular weight excluding hydrogens is 260 g/mol. The lowest BCUT2D eigenvalue weighted by molar-refractivity contribution is 0.667. The number of hydrogen-bond donors (Lipinski definition) is 1. The molecule has 2 N–H and O–H groups in total. The average molecular weight is 282 g/mol. The standard InChI is InChI=1S/C17H22N4/c1-13(18)11-14-3-4-16-15(12-14)5-8-21(16)9-6-17-19-7-10-20(17)2/h3-5,7-8,10,12-13H,6,9,11,18H2,1-2H3. The van der Waals surface area contributed by atoms with Crippen LogP contribution in [0.2, 0.25) is 0 Å². The minimum Gasteiger partial charge on any atom is -0.347 e. The van der Waals surface area contributed by atoms with Gasteiger partial charge in [-0.15, -0.1) is 0 Å². The summed E-state index contributed by atoms with van der Waals surface area (Å²) < 4.78 is 4.37. The highest BCUT2D eigenvalue weighted by molar-refractivity contribution is 5.80. The van der Waals surface area contributed by atoms with E-state index in [-0.39, 0.29) is 6.04 Å². The molecule has 1 unspecified atom stereocenters. The van der Waals surface area contributed by atoms with E-state index in [0.29, 0.717) is 0 Å². The Morgan fingerprint density at radius 1 is 1.24 bits per heavy atom. The summed E-state index contributed by atoms with van der Waals surface area (Å²) in [6.45, 7) is 2.99. The van der Waals surface area contributed by atoms with E-state index in [1.807, 2.05) is 26.4 Å². The molecule has 0 spiro atoms. The number of nitrogens with zero attached hydrogens (tertiary/aromatic N) is 3. The number of nitrogens with two attached hydrogens (primary N) is 1. The van der Waals surface area contributed by atoms with E-state index in [1.165, 1.54) is 16.5 Å². The molecule has 0 aliphatic heterocycles. The van der Waals surface area contributed by atoms with Gasteiger partial charge in [0.05, 0.1) is 0 Å². The van der Waals surface area contributed by atoms with Gasteiger partial charge in [-0.05, 0) is 42.5 Å². The van der Waals surface area contributed by atoms with Gasteiger partial charge in [0.15, 0.2) is 0 Å². The lowest BCUT2D eigenvalue weighted by atomic mass is 10.1. The molecule has 0 aliphatic rings. The predicted molar refractivity (Wildman–Crippen MR) is 86.2 cm³/mol. The van der Waals surface area contributed by atoms with E-state index in [2.05, 4.69) is 44.6 Å². The highest BCUT2D eigenvalue weighted by Gasteiger charge is 2.05. The minimum atomic E-state index is 0.202. The number of hydrogen-bond acceptors (Lipinski definition) is 2. The molecule has 0 aliphatic carbocycles. The Morgan fingerprint density at radius 3 is 2.81 bits per heavy atom. The van der Waals surface area contributed by atoms with E-state index >= 15 is 0 Å². The third kappa shape index (κ3) is 3.00. The molecule has 0 fully saturated rings. The topological polar surface area (TPSA) is 48.8 Å². The molecule has 0 amide bonds. The van der Waals surface area contributed by atoms with Crippen molar-refractivity contribution in [1.82, 2.24) is 14.1 Å². The fourth-order valence-corrected chi connectivity index (χ4v) is 2.80. The first kappa shape index (κ1) is 13.9. The maximum Gasteiger partial charge on any atom is 0.110 e. The number of rotatable bonds is 5. The van der Waals surface area contributed by atoms with Crippen molar-refractivity contribution in [2.24, 2.45) is 12.8 Å². The van der Waals surface area contributed by atoms with Crippen LogP contribution in [-0.4, -0.2) is 20.2 Å². The molecule has 1 atom stereocenters. The Kier molecular flexibility index (Phi) is 3.80. The van der Waals surface area contributed by atoms with Gasteiger partial charge in [-0.3, -0.25) is 0 Å². The first-order valence-corrected chi connectivity index (χ1v) is 7.43. The van der Waals surface area contributed by atoms with Crippen LogP contribution in [0.5, 0.6) is 0 Å². The second-order valence-corrected chi connectivity index (χ2v) is 5.79. The van der Waals surface area contributed by atoms with Crippen molar-refractivity contribution >= 4 is 10.9 Å². The fourth-order valence-electron chi connectivity index (χ4n) is 2.80. The van der Waals surface area contributed by atoms with E-state index in [0.717, 1.165) is 25.2 Å². The molecular formula is C17H22N4. The van der Waals surface area contributed by atoms with Gasteiger partial charge in [-0.2, -0.15) is 0 Å². The summed E-state index contributed by atoms with van der Waals surface area (Å²) in [5.41, 5.74) is 8.46. The van der Waals surface area contributed by atoms with Crippen LogP contribution in [-0.2, 0) is 26.4 Å². The fraction of sp³-hybridized carbons (Fsp3) is 0.353. The Balaban J connectivity index is 1.79. The van der Waals surface area contributed by atoms with Crippen molar-refractivity contribution in [2.75, 3.05) is 0 Å². The van der Waals surface area contributed by atoms with Gasteiger partial charge < -0.3 is 14.9 Å². The maximum atomic E-state index is 5.88. The van der Waals surface area contributed by atoms with Crippen molar-refractivity contribution in [3.8, 4) is 0 Å². The second-order valence-electron chi connectivity index (χ2n) is 5.79. The molecule has 3 aromatic rings. The van der Waals surface area contributed by atoms with Gasteiger partial charge in [-0.25, -0.2) is 4.98 Å². The average Bonchev–Trinajstić information content (AvgIpc) is 3.02. The lowest BCUT2D eigenvalue weighted by Crippen LogP contribution is -2.17. The van der Waals surface area contributed by atoms with Crippen LogP contribution < -0.4 is 5.73 Å². The Labute approximate surface area is 125 Å². The molecule has 0 saturated heterocycles. The quantitative estimate of drug-likeness (QED) is 0.781. The van der Waals surface area contributed by atoms with Gasteiger partial charge in [0.1, 0.15) is 5.82 Å². The van der Waals surface area contributed by atoms with Gasteiger partial charge in [0.25, 0.3) is 0 Å². The monoisotopic (exact) mass is 282 g/mol. The summed E-state index contributed by atoms with van der Waals surface area (Å²) in [5, 5.41) is 1.29. The molecule has 110 valence electrons. The smallest absolute Gasteiger partial charge is 0.110 e. The van der Waals surface area contributed by atoms with E-state index < -0.39 is 0 Å². The summed E-state index contributed by atoms with van der Waals surface area (Å²) in [4.78, 5) is 4.38. The lowest BCUT2D eigenvalue weighted by Gasteiger charge is -2.08. The van der Waals surface area contributed by atoms with Crippen molar-refractivity contribution in [2.45, 2.75) is 32.4 Å². The van der Waals surface area contributed by atoms with Gasteiger partial charge in [-0.1, -0.05) is 6.07 Å². The summed E-state index contributed by atoms with van der Waals surface area (Å²) >= 11 is 0. The van der Waals surface area contributed by atoms with E-state index in [4.69, 9.17) is 5.73 Å².